The fourth-order valence-corrected chi connectivity index (χ4v) is 2.56. The van der Waals surface area contributed by atoms with Crippen molar-refractivity contribution in [2.45, 2.75) is 50.8 Å². The van der Waals surface area contributed by atoms with Crippen LogP contribution in [-0.2, 0) is 5.41 Å². The van der Waals surface area contributed by atoms with Gasteiger partial charge in [-0.25, -0.2) is 0 Å². The smallest absolute Gasteiger partial charge is 0.0141 e. The van der Waals surface area contributed by atoms with E-state index in [0.717, 1.165) is 13.0 Å². The summed E-state index contributed by atoms with van der Waals surface area (Å²) in [6, 6.07) is 11.4. The van der Waals surface area contributed by atoms with E-state index in [4.69, 9.17) is 0 Å². The monoisotopic (exact) mass is 265 g/mol. The van der Waals surface area contributed by atoms with Crippen molar-refractivity contribution >= 4 is 11.8 Å². The molecule has 2 atom stereocenters. The van der Waals surface area contributed by atoms with Crippen LogP contribution in [0.2, 0.25) is 0 Å². The number of benzene rings is 1. The highest BCUT2D eigenvalue weighted by molar-refractivity contribution is 7.99. The van der Waals surface area contributed by atoms with Crippen LogP contribution >= 0.6 is 11.8 Å². The summed E-state index contributed by atoms with van der Waals surface area (Å²) < 4.78 is 0. The number of rotatable bonds is 7. The first-order valence-corrected chi connectivity index (χ1v) is 8.06. The maximum atomic E-state index is 3.64. The highest BCUT2D eigenvalue weighted by atomic mass is 32.2. The number of thioether (sulfide) groups is 1. The van der Waals surface area contributed by atoms with Gasteiger partial charge in [0.2, 0.25) is 0 Å². The van der Waals surface area contributed by atoms with Gasteiger partial charge in [-0.3, -0.25) is 0 Å². The van der Waals surface area contributed by atoms with E-state index in [1.54, 1.807) is 0 Å². The van der Waals surface area contributed by atoms with Gasteiger partial charge in [0.05, 0.1) is 0 Å². The molecule has 0 radical (unpaired) electrons. The molecule has 0 bridgehead atoms. The standard InChI is InChI=1S/C16H27NS/c1-13(17-12-14(2)18-5)11-16(3,4)15-9-7-6-8-10-15/h6-10,13-14,17H,11-12H2,1-5H3. The summed E-state index contributed by atoms with van der Waals surface area (Å²) in [6.45, 7) is 10.3. The van der Waals surface area contributed by atoms with Gasteiger partial charge in [-0.2, -0.15) is 11.8 Å². The summed E-state index contributed by atoms with van der Waals surface area (Å²) in [6.07, 6.45) is 3.34. The van der Waals surface area contributed by atoms with Gasteiger partial charge >= 0.3 is 0 Å². The summed E-state index contributed by atoms with van der Waals surface area (Å²) in [4.78, 5) is 0. The topological polar surface area (TPSA) is 12.0 Å². The van der Waals surface area contributed by atoms with Crippen LogP contribution in [0.4, 0.5) is 0 Å². The molecule has 0 saturated heterocycles. The van der Waals surface area contributed by atoms with E-state index in [9.17, 15) is 0 Å². The number of nitrogens with one attached hydrogen (secondary N) is 1. The third kappa shape index (κ3) is 5.03. The molecule has 0 spiro atoms. The molecule has 1 rings (SSSR count). The largest absolute Gasteiger partial charge is 0.313 e. The van der Waals surface area contributed by atoms with E-state index in [0.29, 0.717) is 11.3 Å². The molecule has 0 aliphatic carbocycles. The normalized spacial score (nSPS) is 15.4. The highest BCUT2D eigenvalue weighted by Crippen LogP contribution is 2.28. The van der Waals surface area contributed by atoms with Crippen molar-refractivity contribution in [3.8, 4) is 0 Å². The maximum Gasteiger partial charge on any atom is 0.0141 e. The minimum absolute atomic E-state index is 0.232. The van der Waals surface area contributed by atoms with Crippen LogP contribution in [0.15, 0.2) is 30.3 Å². The molecule has 0 fully saturated rings. The lowest BCUT2D eigenvalue weighted by Gasteiger charge is -2.29. The number of hydrogen-bond acceptors (Lipinski definition) is 2. The van der Waals surface area contributed by atoms with Crippen molar-refractivity contribution in [3.63, 3.8) is 0 Å². The van der Waals surface area contributed by atoms with Crippen LogP contribution in [-0.4, -0.2) is 24.1 Å². The molecular weight excluding hydrogens is 238 g/mol. The van der Waals surface area contributed by atoms with Crippen molar-refractivity contribution < 1.29 is 0 Å². The van der Waals surface area contributed by atoms with Gasteiger partial charge in [0.15, 0.2) is 0 Å². The summed E-state index contributed by atoms with van der Waals surface area (Å²) in [5.74, 6) is 0. The van der Waals surface area contributed by atoms with Gasteiger partial charge in [-0.05, 0) is 30.6 Å². The second-order valence-electron chi connectivity index (χ2n) is 5.81. The van der Waals surface area contributed by atoms with Gasteiger partial charge in [0.1, 0.15) is 0 Å². The predicted octanol–water partition coefficient (Wildman–Crippen LogP) is 4.08. The summed E-state index contributed by atoms with van der Waals surface area (Å²) >= 11 is 1.92. The Hall–Kier alpha value is -0.470. The third-order valence-electron chi connectivity index (χ3n) is 3.53. The quantitative estimate of drug-likeness (QED) is 0.797. The van der Waals surface area contributed by atoms with E-state index < -0.39 is 0 Å². The van der Waals surface area contributed by atoms with Gasteiger partial charge in [0, 0.05) is 17.8 Å². The average Bonchev–Trinajstić information content (AvgIpc) is 2.36. The molecule has 2 heteroatoms. The highest BCUT2D eigenvalue weighted by Gasteiger charge is 2.23. The van der Waals surface area contributed by atoms with Crippen molar-refractivity contribution in [2.75, 3.05) is 12.8 Å². The molecule has 0 saturated carbocycles. The second-order valence-corrected chi connectivity index (χ2v) is 7.09. The Bertz CT molecular complexity index is 334. The molecule has 1 N–H and O–H groups in total. The van der Waals surface area contributed by atoms with Crippen molar-refractivity contribution in [1.29, 1.82) is 0 Å². The van der Waals surface area contributed by atoms with E-state index in [1.807, 2.05) is 11.8 Å². The Balaban J connectivity index is 2.50. The molecule has 2 unspecified atom stereocenters. The Labute approximate surface area is 117 Å². The first kappa shape index (κ1) is 15.6. The van der Waals surface area contributed by atoms with Crippen LogP contribution in [0.3, 0.4) is 0 Å². The Morgan fingerprint density at radius 1 is 1.17 bits per heavy atom. The Morgan fingerprint density at radius 2 is 1.78 bits per heavy atom. The predicted molar refractivity (Wildman–Crippen MR) is 84.5 cm³/mol. The first-order chi connectivity index (χ1) is 8.45. The summed E-state index contributed by atoms with van der Waals surface area (Å²) in [7, 11) is 0. The van der Waals surface area contributed by atoms with Crippen LogP contribution in [0.25, 0.3) is 0 Å². The Kier molecular flexibility index (Phi) is 6.24. The van der Waals surface area contributed by atoms with E-state index in [-0.39, 0.29) is 5.41 Å². The lowest BCUT2D eigenvalue weighted by molar-refractivity contribution is 0.390. The zero-order chi connectivity index (χ0) is 13.6. The first-order valence-electron chi connectivity index (χ1n) is 6.77. The fourth-order valence-electron chi connectivity index (χ4n) is 2.30. The van der Waals surface area contributed by atoms with Crippen molar-refractivity contribution in [3.05, 3.63) is 35.9 Å². The molecule has 0 aromatic heterocycles. The van der Waals surface area contributed by atoms with Crippen LogP contribution in [0.1, 0.15) is 39.7 Å². The van der Waals surface area contributed by atoms with E-state index in [1.165, 1.54) is 5.56 Å². The molecule has 0 aliphatic rings. The zero-order valence-electron chi connectivity index (χ0n) is 12.4. The molecule has 0 heterocycles. The van der Waals surface area contributed by atoms with Gasteiger partial charge in [0.25, 0.3) is 0 Å². The minimum atomic E-state index is 0.232. The minimum Gasteiger partial charge on any atom is -0.313 e. The van der Waals surface area contributed by atoms with Crippen molar-refractivity contribution in [1.82, 2.24) is 5.32 Å². The molecule has 1 aromatic rings. The van der Waals surface area contributed by atoms with E-state index in [2.05, 4.69) is 69.6 Å². The molecule has 1 aromatic carbocycles. The second kappa shape index (κ2) is 7.20. The van der Waals surface area contributed by atoms with Crippen LogP contribution in [0, 0.1) is 0 Å². The zero-order valence-corrected chi connectivity index (χ0v) is 13.2. The van der Waals surface area contributed by atoms with Gasteiger partial charge < -0.3 is 5.32 Å². The molecular formula is C16H27NS. The SMILES string of the molecule is CSC(C)CNC(C)CC(C)(C)c1ccccc1. The van der Waals surface area contributed by atoms with Crippen LogP contribution < -0.4 is 5.32 Å². The molecule has 0 aliphatic heterocycles. The third-order valence-corrected chi connectivity index (χ3v) is 4.50. The molecule has 18 heavy (non-hydrogen) atoms. The summed E-state index contributed by atoms with van der Waals surface area (Å²) in [5, 5.41) is 4.33. The Morgan fingerprint density at radius 3 is 2.33 bits per heavy atom. The van der Waals surface area contributed by atoms with Crippen molar-refractivity contribution in [2.24, 2.45) is 0 Å². The average molecular weight is 265 g/mol. The fraction of sp³-hybridized carbons (Fsp3) is 0.625. The van der Waals surface area contributed by atoms with Gasteiger partial charge in [-0.15, -0.1) is 0 Å². The molecule has 1 nitrogen and oxygen atoms in total. The maximum absolute atomic E-state index is 3.64. The van der Waals surface area contributed by atoms with E-state index >= 15 is 0 Å². The lowest BCUT2D eigenvalue weighted by Crippen LogP contribution is -2.36. The molecule has 102 valence electrons. The number of hydrogen-bond donors (Lipinski definition) is 1. The molecule has 0 amide bonds. The summed E-state index contributed by atoms with van der Waals surface area (Å²) in [5.41, 5.74) is 1.66. The van der Waals surface area contributed by atoms with Crippen LogP contribution in [0.5, 0.6) is 0 Å². The van der Waals surface area contributed by atoms with Gasteiger partial charge in [-0.1, -0.05) is 51.1 Å². The lowest BCUT2D eigenvalue weighted by atomic mass is 9.79.